The Labute approximate surface area is 141 Å². The van der Waals surface area contributed by atoms with Crippen LogP contribution in [0.5, 0.6) is 0 Å². The van der Waals surface area contributed by atoms with Gasteiger partial charge < -0.3 is 0 Å². The molecule has 0 aliphatic heterocycles. The second-order valence-corrected chi connectivity index (χ2v) is 7.63. The van der Waals surface area contributed by atoms with E-state index in [0.29, 0.717) is 5.92 Å². The Bertz CT molecular complexity index is 872. The molecular weight excluding hydrogens is 327 g/mol. The Morgan fingerprint density at radius 1 is 1.12 bits per heavy atom. The summed E-state index contributed by atoms with van der Waals surface area (Å²) in [5.41, 5.74) is 3.98. The third-order valence-electron chi connectivity index (χ3n) is 4.49. The van der Waals surface area contributed by atoms with E-state index in [0.717, 1.165) is 41.7 Å². The van der Waals surface area contributed by atoms with Crippen LogP contribution in [0.1, 0.15) is 37.4 Å². The number of nitrogens with zero attached hydrogens (tertiary/aromatic N) is 1. The molecule has 3 rings (SSSR count). The summed E-state index contributed by atoms with van der Waals surface area (Å²) in [6, 6.07) is 9.64. The summed E-state index contributed by atoms with van der Waals surface area (Å²) < 4.78 is 35.9. The number of allylic oxidation sites excluding steroid dienone is 2. The molecule has 2 N–H and O–H groups in total. The molecule has 4 nitrogen and oxygen atoms in total. The smallest absolute Gasteiger partial charge is 0.239 e. The van der Waals surface area contributed by atoms with Crippen LogP contribution in [-0.4, -0.2) is 13.4 Å². The highest BCUT2D eigenvalue weighted by atomic mass is 32.2. The van der Waals surface area contributed by atoms with E-state index >= 15 is 0 Å². The first kappa shape index (κ1) is 16.8. The van der Waals surface area contributed by atoms with Crippen molar-refractivity contribution in [3.05, 3.63) is 59.7 Å². The molecule has 0 spiro atoms. The van der Waals surface area contributed by atoms with Gasteiger partial charge in [-0.2, -0.15) is 0 Å². The summed E-state index contributed by atoms with van der Waals surface area (Å²) >= 11 is 0. The van der Waals surface area contributed by atoms with Gasteiger partial charge in [0.1, 0.15) is 10.7 Å². The van der Waals surface area contributed by atoms with Gasteiger partial charge in [0.2, 0.25) is 10.0 Å². The van der Waals surface area contributed by atoms with Crippen LogP contribution in [0.2, 0.25) is 0 Å². The van der Waals surface area contributed by atoms with Crippen LogP contribution >= 0.6 is 0 Å². The molecule has 0 amide bonds. The molecule has 24 heavy (non-hydrogen) atoms. The maximum absolute atomic E-state index is 13.2. The predicted octanol–water partition coefficient (Wildman–Crippen LogP) is 3.60. The zero-order valence-electron chi connectivity index (χ0n) is 13.4. The van der Waals surface area contributed by atoms with Gasteiger partial charge in [-0.1, -0.05) is 25.5 Å². The van der Waals surface area contributed by atoms with Crippen molar-refractivity contribution >= 4 is 21.2 Å². The second-order valence-electron chi connectivity index (χ2n) is 6.07. The lowest BCUT2D eigenvalue weighted by atomic mass is 9.99. The molecule has 2 aromatic rings. The van der Waals surface area contributed by atoms with E-state index in [2.05, 4.69) is 11.9 Å². The van der Waals surface area contributed by atoms with Gasteiger partial charge in [0.15, 0.2) is 0 Å². The Balaban J connectivity index is 2.04. The molecule has 126 valence electrons. The highest BCUT2D eigenvalue weighted by Crippen LogP contribution is 2.43. The molecule has 0 radical (unpaired) electrons. The number of aromatic nitrogens is 1. The van der Waals surface area contributed by atoms with E-state index in [1.165, 1.54) is 24.4 Å². The molecule has 0 saturated heterocycles. The van der Waals surface area contributed by atoms with Crippen molar-refractivity contribution in [3.8, 4) is 0 Å². The largest absolute Gasteiger partial charge is 0.255 e. The van der Waals surface area contributed by atoms with Crippen molar-refractivity contribution in [1.29, 1.82) is 0 Å². The van der Waals surface area contributed by atoms with Crippen LogP contribution in [0.15, 0.2) is 47.5 Å². The SMILES string of the molecule is CCC1CC(c2ccc(F)cc2)=C(c2ccc(S(N)(=O)=O)cn2)C1. The van der Waals surface area contributed by atoms with Gasteiger partial charge in [0.05, 0.1) is 5.69 Å². The average Bonchev–Trinajstić information content (AvgIpc) is 2.99. The first-order valence-corrected chi connectivity index (χ1v) is 9.40. The number of primary sulfonamides is 1. The summed E-state index contributed by atoms with van der Waals surface area (Å²) in [6.07, 6.45) is 4.13. The van der Waals surface area contributed by atoms with Crippen molar-refractivity contribution in [2.75, 3.05) is 0 Å². The van der Waals surface area contributed by atoms with E-state index in [1.807, 2.05) is 0 Å². The van der Waals surface area contributed by atoms with Crippen molar-refractivity contribution in [1.82, 2.24) is 4.98 Å². The van der Waals surface area contributed by atoms with Crippen molar-refractivity contribution in [3.63, 3.8) is 0 Å². The van der Waals surface area contributed by atoms with Gasteiger partial charge in [-0.25, -0.2) is 17.9 Å². The van der Waals surface area contributed by atoms with Gasteiger partial charge in [0.25, 0.3) is 0 Å². The molecule has 1 aromatic carbocycles. The summed E-state index contributed by atoms with van der Waals surface area (Å²) in [7, 11) is -3.75. The molecule has 1 aliphatic rings. The summed E-state index contributed by atoms with van der Waals surface area (Å²) in [5, 5.41) is 5.12. The van der Waals surface area contributed by atoms with Gasteiger partial charge in [-0.05, 0) is 59.7 Å². The molecule has 1 aromatic heterocycles. The standard InChI is InChI=1S/C18H19FN2O2S/c1-2-12-9-16(13-3-5-14(19)6-4-13)17(10-12)18-8-7-15(11-21-18)24(20,22)23/h3-8,11-12H,2,9-10H2,1H3,(H2,20,22,23). The number of sulfonamides is 1. The molecular formula is C18H19FN2O2S. The highest BCUT2D eigenvalue weighted by molar-refractivity contribution is 7.89. The minimum absolute atomic E-state index is 0.000204. The summed E-state index contributed by atoms with van der Waals surface area (Å²) in [6.45, 7) is 2.15. The fraction of sp³-hybridized carbons (Fsp3) is 0.278. The lowest BCUT2D eigenvalue weighted by Gasteiger charge is -2.08. The van der Waals surface area contributed by atoms with Gasteiger partial charge in [-0.15, -0.1) is 0 Å². The predicted molar refractivity (Wildman–Crippen MR) is 91.8 cm³/mol. The number of hydrogen-bond donors (Lipinski definition) is 1. The van der Waals surface area contributed by atoms with Crippen LogP contribution in [0, 0.1) is 11.7 Å². The fourth-order valence-electron chi connectivity index (χ4n) is 3.11. The highest BCUT2D eigenvalue weighted by Gasteiger charge is 2.26. The number of nitrogens with two attached hydrogens (primary N) is 1. The average molecular weight is 346 g/mol. The zero-order valence-corrected chi connectivity index (χ0v) is 14.2. The van der Waals surface area contributed by atoms with Crippen LogP contribution in [0.25, 0.3) is 11.1 Å². The monoisotopic (exact) mass is 346 g/mol. The number of rotatable bonds is 4. The molecule has 1 atom stereocenters. The summed E-state index contributed by atoms with van der Waals surface area (Å²) in [4.78, 5) is 4.30. The fourth-order valence-corrected chi connectivity index (χ4v) is 3.57. The topological polar surface area (TPSA) is 73.1 Å². The molecule has 1 aliphatic carbocycles. The van der Waals surface area contributed by atoms with Crippen LogP contribution in [0.4, 0.5) is 4.39 Å². The van der Waals surface area contributed by atoms with Crippen LogP contribution in [-0.2, 0) is 10.0 Å². The van der Waals surface area contributed by atoms with Crippen molar-refractivity contribution < 1.29 is 12.8 Å². The van der Waals surface area contributed by atoms with E-state index in [-0.39, 0.29) is 10.7 Å². The van der Waals surface area contributed by atoms with Crippen LogP contribution in [0.3, 0.4) is 0 Å². The Hall–Kier alpha value is -2.05. The molecule has 0 saturated carbocycles. The van der Waals surface area contributed by atoms with Crippen molar-refractivity contribution in [2.45, 2.75) is 31.1 Å². The molecule has 0 bridgehead atoms. The minimum Gasteiger partial charge on any atom is -0.255 e. The maximum Gasteiger partial charge on any atom is 0.239 e. The second kappa shape index (κ2) is 6.45. The Morgan fingerprint density at radius 2 is 1.79 bits per heavy atom. The first-order chi connectivity index (χ1) is 11.4. The minimum atomic E-state index is -3.75. The lowest BCUT2D eigenvalue weighted by molar-refractivity contribution is 0.558. The molecule has 1 heterocycles. The summed E-state index contributed by atoms with van der Waals surface area (Å²) in [5.74, 6) is 0.251. The quantitative estimate of drug-likeness (QED) is 0.919. The maximum atomic E-state index is 13.2. The number of pyridine rings is 1. The molecule has 1 unspecified atom stereocenters. The van der Waals surface area contributed by atoms with Crippen molar-refractivity contribution in [2.24, 2.45) is 11.1 Å². The van der Waals surface area contributed by atoms with Gasteiger partial charge >= 0.3 is 0 Å². The normalized spacial score (nSPS) is 18.2. The van der Waals surface area contributed by atoms with E-state index < -0.39 is 10.0 Å². The van der Waals surface area contributed by atoms with Gasteiger partial charge in [-0.3, -0.25) is 4.98 Å². The lowest BCUT2D eigenvalue weighted by Crippen LogP contribution is -2.12. The Kier molecular flexibility index (Phi) is 4.51. The number of benzene rings is 1. The zero-order chi connectivity index (χ0) is 17.3. The molecule has 0 fully saturated rings. The Morgan fingerprint density at radius 3 is 2.33 bits per heavy atom. The third kappa shape index (κ3) is 3.39. The molecule has 6 heteroatoms. The van der Waals surface area contributed by atoms with E-state index in [4.69, 9.17) is 5.14 Å². The first-order valence-electron chi connectivity index (χ1n) is 7.85. The van der Waals surface area contributed by atoms with E-state index in [1.54, 1.807) is 18.2 Å². The number of hydrogen-bond acceptors (Lipinski definition) is 3. The number of halogens is 1. The van der Waals surface area contributed by atoms with Gasteiger partial charge in [0, 0.05) is 6.20 Å². The van der Waals surface area contributed by atoms with Crippen LogP contribution < -0.4 is 5.14 Å². The third-order valence-corrected chi connectivity index (χ3v) is 5.39. The van der Waals surface area contributed by atoms with E-state index in [9.17, 15) is 12.8 Å².